The fourth-order valence-corrected chi connectivity index (χ4v) is 3.00. The van der Waals surface area contributed by atoms with Gasteiger partial charge in [-0.05, 0) is 42.8 Å². The molecule has 0 aromatic heterocycles. The summed E-state index contributed by atoms with van der Waals surface area (Å²) in [6.45, 7) is 2.69. The van der Waals surface area contributed by atoms with Crippen LogP contribution in [0.2, 0.25) is 0 Å². The van der Waals surface area contributed by atoms with Crippen LogP contribution in [0.4, 0.5) is 0 Å². The maximum Gasteiger partial charge on any atom is 0.240 e. The highest BCUT2D eigenvalue weighted by Crippen LogP contribution is 2.18. The molecular formula is C17H22N2O3S. The van der Waals surface area contributed by atoms with Crippen LogP contribution in [0.3, 0.4) is 0 Å². The van der Waals surface area contributed by atoms with Crippen LogP contribution < -0.4 is 10.0 Å². The summed E-state index contributed by atoms with van der Waals surface area (Å²) in [5, 5.41) is 12.4. The molecule has 0 aliphatic rings. The average molecular weight is 334 g/mol. The fourth-order valence-electron chi connectivity index (χ4n) is 2.22. The molecule has 23 heavy (non-hydrogen) atoms. The Morgan fingerprint density at radius 3 is 2.35 bits per heavy atom. The molecule has 3 N–H and O–H groups in total. The van der Waals surface area contributed by atoms with Crippen LogP contribution in [0.15, 0.2) is 53.4 Å². The third kappa shape index (κ3) is 4.62. The quantitative estimate of drug-likeness (QED) is 0.723. The van der Waals surface area contributed by atoms with E-state index in [2.05, 4.69) is 10.0 Å². The van der Waals surface area contributed by atoms with Gasteiger partial charge in [-0.1, -0.05) is 36.4 Å². The number of aliphatic hydroxyl groups is 1. The first kappa shape index (κ1) is 17.6. The molecule has 0 spiro atoms. The summed E-state index contributed by atoms with van der Waals surface area (Å²) in [4.78, 5) is 0.262. The molecule has 2 rings (SSSR count). The van der Waals surface area contributed by atoms with Gasteiger partial charge in [-0.25, -0.2) is 13.1 Å². The van der Waals surface area contributed by atoms with Gasteiger partial charge < -0.3 is 10.4 Å². The van der Waals surface area contributed by atoms with Gasteiger partial charge >= 0.3 is 0 Å². The number of hydrogen-bond acceptors (Lipinski definition) is 4. The molecule has 2 aromatic carbocycles. The molecule has 5 nitrogen and oxygen atoms in total. The van der Waals surface area contributed by atoms with Gasteiger partial charge in [0.2, 0.25) is 10.0 Å². The van der Waals surface area contributed by atoms with Crippen molar-refractivity contribution in [2.75, 3.05) is 7.05 Å². The van der Waals surface area contributed by atoms with E-state index < -0.39 is 10.0 Å². The second-order valence-electron chi connectivity index (χ2n) is 5.36. The summed E-state index contributed by atoms with van der Waals surface area (Å²) in [6.07, 6.45) is 0. The SMILES string of the molecule is CNS(=O)(=O)c1cccc(C(C)NCc2ccc(CO)cc2)c1. The monoisotopic (exact) mass is 334 g/mol. The Balaban J connectivity index is 2.05. The summed E-state index contributed by atoms with van der Waals surface area (Å²) < 4.78 is 26.1. The predicted molar refractivity (Wildman–Crippen MR) is 90.3 cm³/mol. The van der Waals surface area contributed by atoms with Crippen molar-refractivity contribution in [1.29, 1.82) is 0 Å². The van der Waals surface area contributed by atoms with Gasteiger partial charge in [0.15, 0.2) is 0 Å². The van der Waals surface area contributed by atoms with E-state index >= 15 is 0 Å². The van der Waals surface area contributed by atoms with Gasteiger partial charge in [0.25, 0.3) is 0 Å². The van der Waals surface area contributed by atoms with Crippen LogP contribution in [0, 0.1) is 0 Å². The van der Waals surface area contributed by atoms with Crippen molar-refractivity contribution in [3.63, 3.8) is 0 Å². The summed E-state index contributed by atoms with van der Waals surface area (Å²) >= 11 is 0. The lowest BCUT2D eigenvalue weighted by Crippen LogP contribution is -2.21. The first-order valence-corrected chi connectivity index (χ1v) is 8.90. The van der Waals surface area contributed by atoms with Gasteiger partial charge in [0, 0.05) is 12.6 Å². The molecule has 1 atom stereocenters. The molecule has 0 amide bonds. The molecule has 0 bridgehead atoms. The highest BCUT2D eigenvalue weighted by molar-refractivity contribution is 7.89. The number of rotatable bonds is 7. The standard InChI is InChI=1S/C17H22N2O3S/c1-13(19-11-14-6-8-15(12-20)9-7-14)16-4-3-5-17(10-16)23(21,22)18-2/h3-10,13,18-20H,11-12H2,1-2H3. The van der Waals surface area contributed by atoms with Gasteiger partial charge in [0.1, 0.15) is 0 Å². The number of hydrogen-bond donors (Lipinski definition) is 3. The lowest BCUT2D eigenvalue weighted by atomic mass is 10.1. The topological polar surface area (TPSA) is 78.4 Å². The zero-order valence-electron chi connectivity index (χ0n) is 13.3. The van der Waals surface area contributed by atoms with Crippen molar-refractivity contribution < 1.29 is 13.5 Å². The molecule has 0 heterocycles. The van der Waals surface area contributed by atoms with E-state index in [4.69, 9.17) is 5.11 Å². The van der Waals surface area contributed by atoms with Crippen molar-refractivity contribution >= 4 is 10.0 Å². The minimum absolute atomic E-state index is 0.0134. The molecule has 0 saturated carbocycles. The van der Waals surface area contributed by atoms with E-state index in [0.29, 0.717) is 6.54 Å². The van der Waals surface area contributed by atoms with E-state index in [9.17, 15) is 8.42 Å². The first-order valence-electron chi connectivity index (χ1n) is 7.42. The summed E-state index contributed by atoms with van der Waals surface area (Å²) in [5.41, 5.74) is 2.90. The maximum atomic E-state index is 11.9. The second kappa shape index (κ2) is 7.70. The van der Waals surface area contributed by atoms with E-state index in [0.717, 1.165) is 16.7 Å². The van der Waals surface area contributed by atoms with E-state index in [1.807, 2.05) is 37.3 Å². The molecule has 6 heteroatoms. The minimum atomic E-state index is -3.43. The Morgan fingerprint density at radius 2 is 1.74 bits per heavy atom. The van der Waals surface area contributed by atoms with E-state index in [1.54, 1.807) is 18.2 Å². The zero-order chi connectivity index (χ0) is 16.9. The Hall–Kier alpha value is -1.73. The lowest BCUT2D eigenvalue weighted by molar-refractivity contribution is 0.282. The van der Waals surface area contributed by atoms with Crippen LogP contribution >= 0.6 is 0 Å². The lowest BCUT2D eigenvalue weighted by Gasteiger charge is -2.15. The third-order valence-corrected chi connectivity index (χ3v) is 5.17. The van der Waals surface area contributed by atoms with Crippen molar-refractivity contribution in [2.24, 2.45) is 0 Å². The normalized spacial score (nSPS) is 13.0. The number of sulfonamides is 1. The second-order valence-corrected chi connectivity index (χ2v) is 7.24. The van der Waals surface area contributed by atoms with Crippen molar-refractivity contribution in [3.05, 3.63) is 65.2 Å². The Bertz CT molecular complexity index is 743. The third-order valence-electron chi connectivity index (χ3n) is 3.76. The van der Waals surface area contributed by atoms with Gasteiger partial charge in [-0.2, -0.15) is 0 Å². The molecule has 2 aromatic rings. The van der Waals surface area contributed by atoms with Crippen LogP contribution in [0.25, 0.3) is 0 Å². The maximum absolute atomic E-state index is 11.9. The van der Waals surface area contributed by atoms with Gasteiger partial charge in [-0.15, -0.1) is 0 Å². The van der Waals surface area contributed by atoms with E-state index in [1.165, 1.54) is 7.05 Å². The molecule has 0 radical (unpaired) electrons. The minimum Gasteiger partial charge on any atom is -0.392 e. The number of benzene rings is 2. The van der Waals surface area contributed by atoms with E-state index in [-0.39, 0.29) is 17.5 Å². The van der Waals surface area contributed by atoms with Crippen molar-refractivity contribution in [2.45, 2.75) is 31.0 Å². The molecule has 0 fully saturated rings. The number of nitrogens with one attached hydrogen (secondary N) is 2. The molecule has 0 saturated heterocycles. The highest BCUT2D eigenvalue weighted by Gasteiger charge is 2.13. The van der Waals surface area contributed by atoms with Crippen LogP contribution in [-0.4, -0.2) is 20.6 Å². The molecular weight excluding hydrogens is 312 g/mol. The Kier molecular flexibility index (Phi) is 5.90. The van der Waals surface area contributed by atoms with Crippen LogP contribution in [-0.2, 0) is 23.2 Å². The molecule has 0 aliphatic carbocycles. The Morgan fingerprint density at radius 1 is 1.09 bits per heavy atom. The zero-order valence-corrected chi connectivity index (χ0v) is 14.1. The van der Waals surface area contributed by atoms with Crippen molar-refractivity contribution in [1.82, 2.24) is 10.0 Å². The largest absolute Gasteiger partial charge is 0.392 e. The summed E-state index contributed by atoms with van der Waals surface area (Å²) in [6, 6.07) is 14.6. The molecule has 0 aliphatic heterocycles. The predicted octanol–water partition coefficient (Wildman–Crippen LogP) is 1.94. The molecule has 124 valence electrons. The average Bonchev–Trinajstić information content (AvgIpc) is 2.60. The van der Waals surface area contributed by atoms with Crippen LogP contribution in [0.5, 0.6) is 0 Å². The fraction of sp³-hybridized carbons (Fsp3) is 0.294. The highest BCUT2D eigenvalue weighted by atomic mass is 32.2. The van der Waals surface area contributed by atoms with Gasteiger partial charge in [-0.3, -0.25) is 0 Å². The molecule has 1 unspecified atom stereocenters. The van der Waals surface area contributed by atoms with Crippen LogP contribution in [0.1, 0.15) is 29.7 Å². The summed E-state index contributed by atoms with van der Waals surface area (Å²) in [5.74, 6) is 0. The number of aliphatic hydroxyl groups excluding tert-OH is 1. The van der Waals surface area contributed by atoms with Crippen molar-refractivity contribution in [3.8, 4) is 0 Å². The van der Waals surface area contributed by atoms with Gasteiger partial charge in [0.05, 0.1) is 11.5 Å². The smallest absolute Gasteiger partial charge is 0.240 e. The first-order chi connectivity index (χ1) is 11.0. The Labute approximate surface area is 137 Å². The summed E-state index contributed by atoms with van der Waals surface area (Å²) in [7, 11) is -2.03.